The zero-order valence-corrected chi connectivity index (χ0v) is 12.2. The van der Waals surface area contributed by atoms with Crippen molar-refractivity contribution in [3.05, 3.63) is 55.7 Å². The van der Waals surface area contributed by atoms with Gasteiger partial charge in [0.1, 0.15) is 4.34 Å². The maximum Gasteiger partial charge on any atom is 0.195 e. The summed E-state index contributed by atoms with van der Waals surface area (Å²) in [5.74, 6) is -0.0776. The summed E-state index contributed by atoms with van der Waals surface area (Å²) in [6, 6.07) is 9.28. The van der Waals surface area contributed by atoms with Crippen molar-refractivity contribution in [3.8, 4) is 0 Å². The maximum absolute atomic E-state index is 12.2. The lowest BCUT2D eigenvalue weighted by atomic mass is 10.0. The van der Waals surface area contributed by atoms with E-state index < -0.39 is 0 Å². The van der Waals surface area contributed by atoms with Crippen LogP contribution in [-0.4, -0.2) is 5.78 Å². The molecule has 2 rings (SSSR count). The Kier molecular flexibility index (Phi) is 4.44. The van der Waals surface area contributed by atoms with Crippen molar-refractivity contribution in [2.75, 3.05) is 0 Å². The Balaban J connectivity index is 2.26. The summed E-state index contributed by atoms with van der Waals surface area (Å²) in [5, 5.41) is 0. The summed E-state index contributed by atoms with van der Waals surface area (Å²) >= 11 is 13.0. The van der Waals surface area contributed by atoms with E-state index in [4.69, 9.17) is 23.2 Å². The highest BCUT2D eigenvalue weighted by Crippen LogP contribution is 2.32. The molecule has 0 N–H and O–H groups in total. The van der Waals surface area contributed by atoms with Crippen molar-refractivity contribution < 1.29 is 4.79 Å². The van der Waals surface area contributed by atoms with E-state index in [-0.39, 0.29) is 5.78 Å². The highest BCUT2D eigenvalue weighted by Gasteiger charge is 2.15. The Morgan fingerprint density at radius 3 is 2.39 bits per heavy atom. The Labute approximate surface area is 120 Å². The zero-order chi connectivity index (χ0) is 13.1. The molecule has 0 aliphatic heterocycles. The second-order valence-electron chi connectivity index (χ2n) is 4.01. The smallest absolute Gasteiger partial charge is 0.195 e. The number of ketones is 1. The number of aryl methyl sites for hydroxylation is 1. The minimum atomic E-state index is -0.0776. The fourth-order valence-electron chi connectivity index (χ4n) is 1.76. The number of rotatable bonds is 4. The quantitative estimate of drug-likeness (QED) is 0.706. The molecule has 0 atom stereocenters. The third-order valence-corrected chi connectivity index (χ3v) is 4.14. The van der Waals surface area contributed by atoms with E-state index in [0.717, 1.165) is 12.8 Å². The SMILES string of the molecule is CCCc1ccc(C(=O)c2cc(Cl)sc2Cl)cc1. The van der Waals surface area contributed by atoms with Crippen LogP contribution in [0.25, 0.3) is 0 Å². The Morgan fingerprint density at radius 2 is 1.89 bits per heavy atom. The molecule has 0 fully saturated rings. The molecule has 1 aromatic heterocycles. The summed E-state index contributed by atoms with van der Waals surface area (Å²) in [6.45, 7) is 2.13. The first-order chi connectivity index (χ1) is 8.61. The van der Waals surface area contributed by atoms with Crippen molar-refractivity contribution in [2.45, 2.75) is 19.8 Å². The van der Waals surface area contributed by atoms with Gasteiger partial charge in [0.15, 0.2) is 5.78 Å². The fourth-order valence-corrected chi connectivity index (χ4v) is 3.22. The van der Waals surface area contributed by atoms with Gasteiger partial charge in [0.2, 0.25) is 0 Å². The highest BCUT2D eigenvalue weighted by atomic mass is 35.5. The van der Waals surface area contributed by atoms with Crippen LogP contribution in [0.2, 0.25) is 8.67 Å². The van der Waals surface area contributed by atoms with E-state index in [1.54, 1.807) is 6.07 Å². The molecule has 0 spiro atoms. The van der Waals surface area contributed by atoms with E-state index in [1.165, 1.54) is 16.9 Å². The summed E-state index contributed by atoms with van der Waals surface area (Å²) in [5.41, 5.74) is 2.37. The van der Waals surface area contributed by atoms with Gasteiger partial charge in [-0.1, -0.05) is 60.8 Å². The van der Waals surface area contributed by atoms with Gasteiger partial charge in [-0.15, -0.1) is 11.3 Å². The van der Waals surface area contributed by atoms with Crippen molar-refractivity contribution >= 4 is 40.3 Å². The zero-order valence-electron chi connectivity index (χ0n) is 9.87. The van der Waals surface area contributed by atoms with Crippen LogP contribution < -0.4 is 0 Å². The van der Waals surface area contributed by atoms with Crippen LogP contribution in [0.4, 0.5) is 0 Å². The molecule has 0 aliphatic rings. The molecule has 0 aliphatic carbocycles. The van der Waals surface area contributed by atoms with Gasteiger partial charge in [-0.2, -0.15) is 0 Å². The lowest BCUT2D eigenvalue weighted by Crippen LogP contribution is -2.00. The molecule has 18 heavy (non-hydrogen) atoms. The van der Waals surface area contributed by atoms with Crippen molar-refractivity contribution in [1.82, 2.24) is 0 Å². The molecule has 2 aromatic rings. The predicted molar refractivity (Wildman–Crippen MR) is 78.2 cm³/mol. The fraction of sp³-hybridized carbons (Fsp3) is 0.214. The summed E-state index contributed by atoms with van der Waals surface area (Å²) in [4.78, 5) is 12.2. The standard InChI is InChI=1S/C14H12Cl2OS/c1-2-3-9-4-6-10(7-5-9)13(17)11-8-12(15)18-14(11)16/h4-8H,2-3H2,1H3. The van der Waals surface area contributed by atoms with Crippen LogP contribution in [0.1, 0.15) is 34.8 Å². The topological polar surface area (TPSA) is 17.1 Å². The van der Waals surface area contributed by atoms with Gasteiger partial charge in [-0.25, -0.2) is 0 Å². The second kappa shape index (κ2) is 5.87. The van der Waals surface area contributed by atoms with Crippen LogP contribution in [0, 0.1) is 0 Å². The van der Waals surface area contributed by atoms with Crippen LogP contribution in [0.5, 0.6) is 0 Å². The first-order valence-electron chi connectivity index (χ1n) is 5.70. The number of benzene rings is 1. The van der Waals surface area contributed by atoms with Crippen LogP contribution >= 0.6 is 34.5 Å². The molecular formula is C14H12Cl2OS. The lowest BCUT2D eigenvalue weighted by molar-refractivity contribution is 0.103. The van der Waals surface area contributed by atoms with E-state index in [0.29, 0.717) is 19.8 Å². The van der Waals surface area contributed by atoms with E-state index in [1.807, 2.05) is 24.3 Å². The molecule has 0 radical (unpaired) electrons. The number of halogens is 2. The maximum atomic E-state index is 12.2. The third kappa shape index (κ3) is 2.94. The molecule has 0 saturated carbocycles. The van der Waals surface area contributed by atoms with Crippen LogP contribution in [-0.2, 0) is 6.42 Å². The summed E-state index contributed by atoms with van der Waals surface area (Å²) in [7, 11) is 0. The Hall–Kier alpha value is -0.830. The second-order valence-corrected chi connectivity index (χ2v) is 6.30. The molecule has 94 valence electrons. The number of carbonyl (C=O) groups is 1. The molecule has 0 bridgehead atoms. The first-order valence-corrected chi connectivity index (χ1v) is 7.27. The molecule has 0 amide bonds. The van der Waals surface area contributed by atoms with E-state index >= 15 is 0 Å². The van der Waals surface area contributed by atoms with E-state index in [2.05, 4.69) is 6.92 Å². The first kappa shape index (κ1) is 13.6. The monoisotopic (exact) mass is 298 g/mol. The molecule has 0 saturated heterocycles. The van der Waals surface area contributed by atoms with Gasteiger partial charge in [-0.3, -0.25) is 4.79 Å². The van der Waals surface area contributed by atoms with E-state index in [9.17, 15) is 4.79 Å². The molecule has 1 nitrogen and oxygen atoms in total. The minimum Gasteiger partial charge on any atom is -0.289 e. The van der Waals surface area contributed by atoms with Gasteiger partial charge in [0.25, 0.3) is 0 Å². The average Bonchev–Trinajstić information content (AvgIpc) is 2.69. The average molecular weight is 299 g/mol. The summed E-state index contributed by atoms with van der Waals surface area (Å²) in [6.07, 6.45) is 2.12. The molecule has 1 heterocycles. The van der Waals surface area contributed by atoms with Crippen LogP contribution in [0.15, 0.2) is 30.3 Å². The van der Waals surface area contributed by atoms with Gasteiger partial charge in [-0.05, 0) is 18.1 Å². The number of hydrogen-bond donors (Lipinski definition) is 0. The van der Waals surface area contributed by atoms with Crippen molar-refractivity contribution in [3.63, 3.8) is 0 Å². The number of hydrogen-bond acceptors (Lipinski definition) is 2. The van der Waals surface area contributed by atoms with Crippen molar-refractivity contribution in [1.29, 1.82) is 0 Å². The summed E-state index contributed by atoms with van der Waals surface area (Å²) < 4.78 is 0.980. The number of thiophene rings is 1. The third-order valence-electron chi connectivity index (χ3n) is 2.66. The molecule has 4 heteroatoms. The number of carbonyl (C=O) groups excluding carboxylic acids is 1. The molecule has 1 aromatic carbocycles. The Morgan fingerprint density at radius 1 is 1.22 bits per heavy atom. The largest absolute Gasteiger partial charge is 0.289 e. The van der Waals surface area contributed by atoms with Crippen molar-refractivity contribution in [2.24, 2.45) is 0 Å². The normalized spacial score (nSPS) is 10.6. The van der Waals surface area contributed by atoms with Gasteiger partial charge >= 0.3 is 0 Å². The van der Waals surface area contributed by atoms with Gasteiger partial charge < -0.3 is 0 Å². The molecule has 0 unspecified atom stereocenters. The van der Waals surface area contributed by atoms with Gasteiger partial charge in [0.05, 0.1) is 9.90 Å². The minimum absolute atomic E-state index is 0.0776. The lowest BCUT2D eigenvalue weighted by Gasteiger charge is -2.02. The molecular weight excluding hydrogens is 287 g/mol. The van der Waals surface area contributed by atoms with Crippen LogP contribution in [0.3, 0.4) is 0 Å². The highest BCUT2D eigenvalue weighted by molar-refractivity contribution is 7.20. The van der Waals surface area contributed by atoms with Gasteiger partial charge in [0, 0.05) is 5.56 Å². The Bertz CT molecular complexity index is 558. The predicted octanol–water partition coefficient (Wildman–Crippen LogP) is 5.24.